The molecule has 0 amide bonds. The van der Waals surface area contributed by atoms with E-state index >= 15 is 0 Å². The maximum Gasteiger partial charge on any atom is -0.00486 e. The molecule has 0 bridgehead atoms. The molecule has 0 aliphatic heterocycles. The average molecular weight is 189 g/mol. The van der Waals surface area contributed by atoms with Crippen molar-refractivity contribution in [1.29, 1.82) is 0 Å². The van der Waals surface area contributed by atoms with Crippen molar-refractivity contribution >= 4 is 0 Å². The van der Waals surface area contributed by atoms with Crippen molar-refractivity contribution in [2.45, 2.75) is 31.6 Å². The van der Waals surface area contributed by atoms with Gasteiger partial charge in [-0.15, -0.1) is 0 Å². The number of hydrogen-bond acceptors (Lipinski definition) is 1. The lowest BCUT2D eigenvalue weighted by Crippen LogP contribution is -2.21. The van der Waals surface area contributed by atoms with Crippen LogP contribution in [0.1, 0.15) is 37.2 Å². The smallest absolute Gasteiger partial charge is 0.00486 e. The molecule has 1 aliphatic carbocycles. The van der Waals surface area contributed by atoms with Crippen LogP contribution in [0.3, 0.4) is 0 Å². The van der Waals surface area contributed by atoms with E-state index < -0.39 is 0 Å². The van der Waals surface area contributed by atoms with E-state index in [2.05, 4.69) is 30.3 Å². The third-order valence-electron chi connectivity index (χ3n) is 3.39. The molecule has 1 nitrogen and oxygen atoms in total. The third-order valence-corrected chi connectivity index (χ3v) is 3.39. The van der Waals surface area contributed by atoms with E-state index in [9.17, 15) is 0 Å². The molecule has 1 saturated carbocycles. The zero-order valence-corrected chi connectivity index (χ0v) is 8.65. The summed E-state index contributed by atoms with van der Waals surface area (Å²) in [5.74, 6) is 1.52. The number of hydrogen-bond donors (Lipinski definition) is 1. The van der Waals surface area contributed by atoms with Crippen molar-refractivity contribution < 1.29 is 0 Å². The summed E-state index contributed by atoms with van der Waals surface area (Å²) in [5.41, 5.74) is 7.25. The fraction of sp³-hybridized carbons (Fsp3) is 0.538. The lowest BCUT2D eigenvalue weighted by Gasteiger charge is -2.28. The predicted octanol–water partition coefficient (Wildman–Crippen LogP) is 2.92. The van der Waals surface area contributed by atoms with Crippen molar-refractivity contribution in [2.24, 2.45) is 11.7 Å². The third kappa shape index (κ3) is 2.16. The van der Waals surface area contributed by atoms with Gasteiger partial charge in [0.2, 0.25) is 0 Å². The van der Waals surface area contributed by atoms with Gasteiger partial charge in [0.25, 0.3) is 0 Å². The average Bonchev–Trinajstić information content (AvgIpc) is 2.30. The second kappa shape index (κ2) is 4.61. The second-order valence-corrected chi connectivity index (χ2v) is 4.38. The van der Waals surface area contributed by atoms with Gasteiger partial charge in [0.05, 0.1) is 0 Å². The summed E-state index contributed by atoms with van der Waals surface area (Å²) in [6.45, 7) is 0.864. The van der Waals surface area contributed by atoms with Crippen molar-refractivity contribution in [3.63, 3.8) is 0 Å². The van der Waals surface area contributed by atoms with Crippen molar-refractivity contribution in [2.75, 3.05) is 6.54 Å². The minimum atomic E-state index is 0.758. The highest BCUT2D eigenvalue weighted by Gasteiger charge is 2.21. The summed E-state index contributed by atoms with van der Waals surface area (Å²) >= 11 is 0. The van der Waals surface area contributed by atoms with E-state index in [1.54, 1.807) is 0 Å². The Morgan fingerprint density at radius 3 is 2.64 bits per heavy atom. The molecule has 2 atom stereocenters. The maximum absolute atomic E-state index is 5.74. The molecule has 14 heavy (non-hydrogen) atoms. The van der Waals surface area contributed by atoms with Gasteiger partial charge < -0.3 is 5.73 Å². The predicted molar refractivity (Wildman–Crippen MR) is 60.2 cm³/mol. The van der Waals surface area contributed by atoms with Crippen LogP contribution in [0.4, 0.5) is 0 Å². The van der Waals surface area contributed by atoms with Gasteiger partial charge in [-0.3, -0.25) is 0 Å². The highest BCUT2D eigenvalue weighted by molar-refractivity contribution is 5.19. The summed E-state index contributed by atoms with van der Waals surface area (Å²) < 4.78 is 0. The minimum absolute atomic E-state index is 0.758. The van der Waals surface area contributed by atoms with Crippen LogP contribution < -0.4 is 5.73 Å². The Hall–Kier alpha value is -0.820. The molecule has 0 spiro atoms. The van der Waals surface area contributed by atoms with Crippen molar-refractivity contribution in [1.82, 2.24) is 0 Å². The number of rotatable bonds is 2. The summed E-state index contributed by atoms with van der Waals surface area (Å²) in [5, 5.41) is 0. The molecular formula is C13H19N. The van der Waals surface area contributed by atoms with E-state index in [1.807, 2.05) is 0 Å². The molecule has 0 aromatic heterocycles. The molecule has 1 aromatic carbocycles. The van der Waals surface area contributed by atoms with Gasteiger partial charge in [0.1, 0.15) is 0 Å². The van der Waals surface area contributed by atoms with Crippen LogP contribution in [0.5, 0.6) is 0 Å². The summed E-state index contributed by atoms with van der Waals surface area (Å²) in [7, 11) is 0. The molecule has 0 radical (unpaired) electrons. The largest absolute Gasteiger partial charge is 0.330 e. The van der Waals surface area contributed by atoms with Crippen LogP contribution in [0.2, 0.25) is 0 Å². The molecule has 0 unspecified atom stereocenters. The Kier molecular flexibility index (Phi) is 3.20. The second-order valence-electron chi connectivity index (χ2n) is 4.38. The van der Waals surface area contributed by atoms with E-state index in [1.165, 1.54) is 31.2 Å². The quantitative estimate of drug-likeness (QED) is 0.760. The van der Waals surface area contributed by atoms with E-state index in [-0.39, 0.29) is 0 Å². The van der Waals surface area contributed by atoms with Crippen LogP contribution in [-0.4, -0.2) is 6.54 Å². The molecule has 0 saturated heterocycles. The summed E-state index contributed by atoms with van der Waals surface area (Å²) in [6, 6.07) is 10.9. The highest BCUT2D eigenvalue weighted by atomic mass is 14.6. The SMILES string of the molecule is NC[C@@H]1CCC[C@H](c2ccccc2)C1. The van der Waals surface area contributed by atoms with Crippen LogP contribution in [0.25, 0.3) is 0 Å². The van der Waals surface area contributed by atoms with Crippen LogP contribution in [0, 0.1) is 5.92 Å². The number of nitrogens with two attached hydrogens (primary N) is 1. The normalized spacial score (nSPS) is 27.5. The first kappa shape index (κ1) is 9.72. The first-order valence-corrected chi connectivity index (χ1v) is 5.65. The van der Waals surface area contributed by atoms with Gasteiger partial charge in [-0.25, -0.2) is 0 Å². The van der Waals surface area contributed by atoms with Gasteiger partial charge >= 0.3 is 0 Å². The van der Waals surface area contributed by atoms with Crippen LogP contribution in [0.15, 0.2) is 30.3 Å². The van der Waals surface area contributed by atoms with Crippen LogP contribution in [-0.2, 0) is 0 Å². The van der Waals surface area contributed by atoms with Gasteiger partial charge in [0.15, 0.2) is 0 Å². The lowest BCUT2D eigenvalue weighted by molar-refractivity contribution is 0.329. The van der Waals surface area contributed by atoms with Crippen LogP contribution >= 0.6 is 0 Å². The molecule has 0 heterocycles. The fourth-order valence-electron chi connectivity index (χ4n) is 2.53. The van der Waals surface area contributed by atoms with E-state index in [4.69, 9.17) is 5.73 Å². The molecule has 76 valence electrons. The molecule has 1 heteroatoms. The standard InChI is InChI=1S/C13H19N/c14-10-11-5-4-8-13(9-11)12-6-2-1-3-7-12/h1-3,6-7,11,13H,4-5,8-10,14H2/t11-,13+/m1/s1. The first-order valence-electron chi connectivity index (χ1n) is 5.65. The summed E-state index contributed by atoms with van der Waals surface area (Å²) in [6.07, 6.45) is 5.32. The molecule has 1 fully saturated rings. The van der Waals surface area contributed by atoms with E-state index in [0.29, 0.717) is 0 Å². The topological polar surface area (TPSA) is 26.0 Å². The Morgan fingerprint density at radius 1 is 1.14 bits per heavy atom. The van der Waals surface area contributed by atoms with E-state index in [0.717, 1.165) is 18.4 Å². The monoisotopic (exact) mass is 189 g/mol. The Balaban J connectivity index is 2.04. The number of benzene rings is 1. The highest BCUT2D eigenvalue weighted by Crippen LogP contribution is 2.35. The lowest BCUT2D eigenvalue weighted by atomic mass is 9.78. The zero-order chi connectivity index (χ0) is 9.80. The van der Waals surface area contributed by atoms with Crippen molar-refractivity contribution in [3.05, 3.63) is 35.9 Å². The molecule has 1 aliphatic rings. The zero-order valence-electron chi connectivity index (χ0n) is 8.65. The molecule has 1 aromatic rings. The van der Waals surface area contributed by atoms with Crippen molar-refractivity contribution in [3.8, 4) is 0 Å². The minimum Gasteiger partial charge on any atom is -0.330 e. The Labute approximate surface area is 86.3 Å². The molecule has 2 rings (SSSR count). The van der Waals surface area contributed by atoms with Gasteiger partial charge in [0, 0.05) is 0 Å². The van der Waals surface area contributed by atoms with Gasteiger partial charge in [-0.05, 0) is 43.2 Å². The Bertz CT molecular complexity index is 268. The first-order chi connectivity index (χ1) is 6.90. The van der Waals surface area contributed by atoms with Gasteiger partial charge in [-0.1, -0.05) is 36.8 Å². The maximum atomic E-state index is 5.74. The molecular weight excluding hydrogens is 170 g/mol. The van der Waals surface area contributed by atoms with Gasteiger partial charge in [-0.2, -0.15) is 0 Å². The summed E-state index contributed by atoms with van der Waals surface area (Å²) in [4.78, 5) is 0. The molecule has 2 N–H and O–H groups in total. The fourth-order valence-corrected chi connectivity index (χ4v) is 2.53. The Morgan fingerprint density at radius 2 is 1.93 bits per heavy atom.